The average Bonchev–Trinajstić information content (AvgIpc) is 3.08. The van der Waals surface area contributed by atoms with Gasteiger partial charge in [-0.1, -0.05) is 12.8 Å². The number of aliphatic hydroxyl groups excluding tert-OH is 1. The molecule has 118 valence electrons. The number of nitrogens with one attached hydrogen (secondary N) is 2. The van der Waals surface area contributed by atoms with E-state index >= 15 is 0 Å². The SMILES string of the molecule is COCC(NC(=O)NC1(CO)CCCC1)c1ccc(C)o1. The number of hydrogen-bond donors (Lipinski definition) is 3. The molecule has 0 bridgehead atoms. The molecule has 21 heavy (non-hydrogen) atoms. The second-order valence-electron chi connectivity index (χ2n) is 5.70. The molecule has 3 N–H and O–H groups in total. The summed E-state index contributed by atoms with van der Waals surface area (Å²) in [6.45, 7) is 2.15. The fourth-order valence-corrected chi connectivity index (χ4v) is 2.81. The minimum absolute atomic E-state index is 0.0325. The number of hydrogen-bond acceptors (Lipinski definition) is 4. The van der Waals surface area contributed by atoms with Crippen molar-refractivity contribution in [2.45, 2.75) is 44.2 Å². The first kappa shape index (κ1) is 15.9. The summed E-state index contributed by atoms with van der Waals surface area (Å²) < 4.78 is 10.7. The molecule has 0 aromatic carbocycles. The normalized spacial score (nSPS) is 18.4. The molecule has 1 aliphatic rings. The van der Waals surface area contributed by atoms with Gasteiger partial charge in [-0.05, 0) is 31.9 Å². The van der Waals surface area contributed by atoms with E-state index in [0.29, 0.717) is 12.4 Å². The van der Waals surface area contributed by atoms with Crippen molar-refractivity contribution in [3.05, 3.63) is 23.7 Å². The van der Waals surface area contributed by atoms with Gasteiger partial charge in [-0.25, -0.2) is 4.79 Å². The zero-order valence-corrected chi connectivity index (χ0v) is 12.6. The second-order valence-corrected chi connectivity index (χ2v) is 5.70. The van der Waals surface area contributed by atoms with Gasteiger partial charge in [0.15, 0.2) is 0 Å². The third kappa shape index (κ3) is 3.98. The molecule has 6 nitrogen and oxygen atoms in total. The van der Waals surface area contributed by atoms with Gasteiger partial charge in [-0.15, -0.1) is 0 Å². The van der Waals surface area contributed by atoms with E-state index in [0.717, 1.165) is 31.4 Å². The molecule has 0 aliphatic heterocycles. The number of amides is 2. The van der Waals surface area contributed by atoms with E-state index in [9.17, 15) is 9.90 Å². The first-order valence-electron chi connectivity index (χ1n) is 7.33. The van der Waals surface area contributed by atoms with Crippen LogP contribution in [-0.2, 0) is 4.74 Å². The summed E-state index contributed by atoms with van der Waals surface area (Å²) in [6, 6.07) is 3.03. The molecule has 1 aromatic heterocycles. The predicted molar refractivity (Wildman–Crippen MR) is 78.0 cm³/mol. The number of rotatable bonds is 6. The van der Waals surface area contributed by atoms with Crippen molar-refractivity contribution in [3.63, 3.8) is 0 Å². The Bertz CT molecular complexity index is 466. The van der Waals surface area contributed by atoms with E-state index in [1.54, 1.807) is 7.11 Å². The Morgan fingerprint density at radius 2 is 2.19 bits per heavy atom. The molecule has 1 fully saturated rings. The van der Waals surface area contributed by atoms with Crippen molar-refractivity contribution in [2.24, 2.45) is 0 Å². The largest absolute Gasteiger partial charge is 0.464 e. The van der Waals surface area contributed by atoms with Crippen molar-refractivity contribution < 1.29 is 19.1 Å². The third-order valence-corrected chi connectivity index (χ3v) is 3.99. The summed E-state index contributed by atoms with van der Waals surface area (Å²) in [5.74, 6) is 1.45. The quantitative estimate of drug-likeness (QED) is 0.748. The highest BCUT2D eigenvalue weighted by Gasteiger charge is 2.35. The van der Waals surface area contributed by atoms with Crippen LogP contribution in [0.5, 0.6) is 0 Å². The Labute approximate surface area is 124 Å². The van der Waals surface area contributed by atoms with Crippen LogP contribution >= 0.6 is 0 Å². The van der Waals surface area contributed by atoms with Gasteiger partial charge >= 0.3 is 6.03 Å². The molecule has 1 heterocycles. The lowest BCUT2D eigenvalue weighted by atomic mass is 9.99. The Hall–Kier alpha value is -1.53. The Balaban J connectivity index is 1.98. The number of methoxy groups -OCH3 is 1. The fraction of sp³-hybridized carbons (Fsp3) is 0.667. The molecule has 0 radical (unpaired) electrons. The smallest absolute Gasteiger partial charge is 0.315 e. The van der Waals surface area contributed by atoms with Crippen LogP contribution in [0.3, 0.4) is 0 Å². The molecular weight excluding hydrogens is 272 g/mol. The van der Waals surface area contributed by atoms with Crippen LogP contribution in [0.1, 0.15) is 43.2 Å². The van der Waals surface area contributed by atoms with Crippen molar-refractivity contribution >= 4 is 6.03 Å². The van der Waals surface area contributed by atoms with E-state index < -0.39 is 5.54 Å². The minimum atomic E-state index is -0.485. The lowest BCUT2D eigenvalue weighted by Gasteiger charge is -2.29. The molecular formula is C15H24N2O4. The van der Waals surface area contributed by atoms with E-state index in [2.05, 4.69) is 10.6 Å². The molecule has 6 heteroatoms. The second kappa shape index (κ2) is 6.95. The van der Waals surface area contributed by atoms with E-state index in [-0.39, 0.29) is 18.7 Å². The number of carbonyl (C=O) groups excluding carboxylic acids is 1. The molecule has 1 aromatic rings. The maximum atomic E-state index is 12.2. The molecule has 1 atom stereocenters. The highest BCUT2D eigenvalue weighted by Crippen LogP contribution is 2.29. The molecule has 0 saturated heterocycles. The molecule has 2 amide bonds. The van der Waals surface area contributed by atoms with Gasteiger partial charge in [-0.2, -0.15) is 0 Å². The van der Waals surface area contributed by atoms with Crippen molar-refractivity contribution in [1.82, 2.24) is 10.6 Å². The highest BCUT2D eigenvalue weighted by atomic mass is 16.5. The number of carbonyl (C=O) groups is 1. The molecule has 1 unspecified atom stereocenters. The minimum Gasteiger partial charge on any atom is -0.464 e. The number of urea groups is 1. The van der Waals surface area contributed by atoms with Gasteiger partial charge in [0.2, 0.25) is 0 Å². The topological polar surface area (TPSA) is 83.7 Å². The lowest BCUT2D eigenvalue weighted by Crippen LogP contribution is -2.53. The Kier molecular flexibility index (Phi) is 5.25. The fourth-order valence-electron chi connectivity index (χ4n) is 2.81. The summed E-state index contributed by atoms with van der Waals surface area (Å²) in [7, 11) is 1.58. The molecule has 0 spiro atoms. The van der Waals surface area contributed by atoms with E-state index in [1.165, 1.54) is 0 Å². The van der Waals surface area contributed by atoms with Gasteiger partial charge < -0.3 is 24.9 Å². The highest BCUT2D eigenvalue weighted by molar-refractivity contribution is 5.75. The van der Waals surface area contributed by atoms with E-state index in [4.69, 9.17) is 9.15 Å². The zero-order chi connectivity index (χ0) is 15.3. The Morgan fingerprint density at radius 3 is 2.71 bits per heavy atom. The van der Waals surface area contributed by atoms with Crippen LogP contribution in [0.4, 0.5) is 4.79 Å². The van der Waals surface area contributed by atoms with Crippen molar-refractivity contribution in [2.75, 3.05) is 20.3 Å². The predicted octanol–water partition coefficient (Wildman–Crippen LogP) is 1.88. The standard InChI is InChI=1S/C15H24N2O4/c1-11-5-6-13(21-11)12(9-20-2)16-14(19)17-15(10-18)7-3-4-8-15/h5-6,12,18H,3-4,7-10H2,1-2H3,(H2,16,17,19). The van der Waals surface area contributed by atoms with Crippen LogP contribution in [0, 0.1) is 6.92 Å². The maximum absolute atomic E-state index is 12.2. The molecule has 2 rings (SSSR count). The number of furan rings is 1. The van der Waals surface area contributed by atoms with Crippen molar-refractivity contribution in [3.8, 4) is 0 Å². The lowest BCUT2D eigenvalue weighted by molar-refractivity contribution is 0.144. The Morgan fingerprint density at radius 1 is 1.48 bits per heavy atom. The van der Waals surface area contributed by atoms with Crippen LogP contribution in [0.25, 0.3) is 0 Å². The van der Waals surface area contributed by atoms with Crippen molar-refractivity contribution in [1.29, 1.82) is 0 Å². The maximum Gasteiger partial charge on any atom is 0.315 e. The van der Waals surface area contributed by atoms with Gasteiger partial charge in [0.25, 0.3) is 0 Å². The summed E-state index contributed by atoms with van der Waals surface area (Å²) in [5, 5.41) is 15.3. The summed E-state index contributed by atoms with van der Waals surface area (Å²) in [5.41, 5.74) is -0.485. The van der Waals surface area contributed by atoms with Crippen LogP contribution in [-0.4, -0.2) is 37.0 Å². The van der Waals surface area contributed by atoms with Gasteiger partial charge in [0.05, 0.1) is 18.8 Å². The van der Waals surface area contributed by atoms with Crippen LogP contribution < -0.4 is 10.6 Å². The van der Waals surface area contributed by atoms with E-state index in [1.807, 2.05) is 19.1 Å². The monoisotopic (exact) mass is 296 g/mol. The molecule has 1 aliphatic carbocycles. The van der Waals surface area contributed by atoms with Gasteiger partial charge in [0, 0.05) is 7.11 Å². The average molecular weight is 296 g/mol. The first-order chi connectivity index (χ1) is 10.1. The van der Waals surface area contributed by atoms with Crippen LogP contribution in [0.2, 0.25) is 0 Å². The summed E-state index contributed by atoms with van der Waals surface area (Å²) in [4.78, 5) is 12.2. The molecule has 1 saturated carbocycles. The summed E-state index contributed by atoms with van der Waals surface area (Å²) in [6.07, 6.45) is 3.68. The zero-order valence-electron chi connectivity index (χ0n) is 12.6. The van der Waals surface area contributed by atoms with Crippen LogP contribution in [0.15, 0.2) is 16.5 Å². The number of aliphatic hydroxyl groups is 1. The van der Waals surface area contributed by atoms with Gasteiger partial charge in [-0.3, -0.25) is 0 Å². The third-order valence-electron chi connectivity index (χ3n) is 3.99. The number of ether oxygens (including phenoxy) is 1. The van der Waals surface area contributed by atoms with Gasteiger partial charge in [0.1, 0.15) is 17.6 Å². The first-order valence-corrected chi connectivity index (χ1v) is 7.33. The summed E-state index contributed by atoms with van der Waals surface area (Å²) >= 11 is 0. The number of aryl methyl sites for hydroxylation is 1.